The quantitative estimate of drug-likeness (QED) is 0.780. The van der Waals surface area contributed by atoms with Crippen molar-refractivity contribution in [2.24, 2.45) is 0 Å². The Morgan fingerprint density at radius 2 is 1.75 bits per heavy atom. The molecule has 0 amide bonds. The van der Waals surface area contributed by atoms with Gasteiger partial charge < -0.3 is 15.4 Å². The smallest absolute Gasteiger partial charge is 0.322 e. The third-order valence-electron chi connectivity index (χ3n) is 2.07. The standard InChI is InChI=1S/C10H19N5O/c1-4-6-15(7-5-2)9-12-8(11)13-10(14-9)16-3/h4-7H2,1-3H3,(H2,11,12,13,14). The lowest BCUT2D eigenvalue weighted by molar-refractivity contribution is 0.379. The molecule has 6 heteroatoms. The second-order valence-electron chi connectivity index (χ2n) is 3.47. The van der Waals surface area contributed by atoms with Gasteiger partial charge in [-0.15, -0.1) is 0 Å². The van der Waals surface area contributed by atoms with Gasteiger partial charge in [-0.2, -0.15) is 15.0 Å². The molecule has 0 saturated carbocycles. The summed E-state index contributed by atoms with van der Waals surface area (Å²) in [5.74, 6) is 0.784. The Hall–Kier alpha value is -1.59. The van der Waals surface area contributed by atoms with Gasteiger partial charge >= 0.3 is 6.01 Å². The van der Waals surface area contributed by atoms with Crippen LogP contribution in [0.15, 0.2) is 0 Å². The van der Waals surface area contributed by atoms with Crippen molar-refractivity contribution in [1.82, 2.24) is 15.0 Å². The normalized spacial score (nSPS) is 10.2. The third-order valence-corrected chi connectivity index (χ3v) is 2.07. The number of hydrogen-bond acceptors (Lipinski definition) is 6. The lowest BCUT2D eigenvalue weighted by Gasteiger charge is -2.21. The number of anilines is 2. The zero-order chi connectivity index (χ0) is 12.0. The van der Waals surface area contributed by atoms with E-state index in [0.29, 0.717) is 5.95 Å². The van der Waals surface area contributed by atoms with E-state index in [0.717, 1.165) is 25.9 Å². The van der Waals surface area contributed by atoms with Crippen LogP contribution in [0.1, 0.15) is 26.7 Å². The Balaban J connectivity index is 2.93. The first-order chi connectivity index (χ1) is 7.71. The summed E-state index contributed by atoms with van der Waals surface area (Å²) in [4.78, 5) is 14.3. The zero-order valence-corrected chi connectivity index (χ0v) is 10.1. The molecule has 16 heavy (non-hydrogen) atoms. The minimum atomic E-state index is 0.194. The Kier molecular flexibility index (Phi) is 4.75. The second-order valence-corrected chi connectivity index (χ2v) is 3.47. The molecule has 1 aromatic rings. The summed E-state index contributed by atoms with van der Waals surface area (Å²) in [6.45, 7) is 6.04. The summed E-state index contributed by atoms with van der Waals surface area (Å²) in [5, 5.41) is 0. The molecule has 2 N–H and O–H groups in total. The average Bonchev–Trinajstić information content (AvgIpc) is 2.28. The van der Waals surface area contributed by atoms with E-state index in [2.05, 4.69) is 33.7 Å². The van der Waals surface area contributed by atoms with Crippen LogP contribution in [0.25, 0.3) is 0 Å². The van der Waals surface area contributed by atoms with Gasteiger partial charge in [0, 0.05) is 13.1 Å². The maximum atomic E-state index is 5.60. The third kappa shape index (κ3) is 3.22. The number of ether oxygens (including phenoxy) is 1. The molecule has 6 nitrogen and oxygen atoms in total. The van der Waals surface area contributed by atoms with Gasteiger partial charge in [-0.3, -0.25) is 0 Å². The molecule has 0 aromatic carbocycles. The number of aromatic nitrogens is 3. The number of methoxy groups -OCH3 is 1. The van der Waals surface area contributed by atoms with E-state index < -0.39 is 0 Å². The first-order valence-electron chi connectivity index (χ1n) is 5.51. The lowest BCUT2D eigenvalue weighted by Crippen LogP contribution is -2.27. The van der Waals surface area contributed by atoms with Crippen LogP contribution in [0.2, 0.25) is 0 Å². The van der Waals surface area contributed by atoms with Crippen LogP contribution in [0, 0.1) is 0 Å². The Bertz CT molecular complexity index is 325. The Morgan fingerprint density at radius 1 is 1.12 bits per heavy atom. The SMILES string of the molecule is CCCN(CCC)c1nc(N)nc(OC)n1. The number of nitrogens with zero attached hydrogens (tertiary/aromatic N) is 4. The van der Waals surface area contributed by atoms with Gasteiger partial charge in [0.25, 0.3) is 0 Å². The van der Waals surface area contributed by atoms with Crippen LogP contribution in [-0.4, -0.2) is 35.2 Å². The summed E-state index contributed by atoms with van der Waals surface area (Å²) < 4.78 is 4.97. The Morgan fingerprint density at radius 3 is 2.25 bits per heavy atom. The summed E-state index contributed by atoms with van der Waals surface area (Å²) >= 11 is 0. The molecule has 0 spiro atoms. The van der Waals surface area contributed by atoms with Crippen molar-refractivity contribution in [3.8, 4) is 6.01 Å². The van der Waals surface area contributed by atoms with Gasteiger partial charge in [0.05, 0.1) is 7.11 Å². The van der Waals surface area contributed by atoms with E-state index in [1.165, 1.54) is 7.11 Å². The van der Waals surface area contributed by atoms with Crippen LogP contribution >= 0.6 is 0 Å². The van der Waals surface area contributed by atoms with Crippen molar-refractivity contribution in [1.29, 1.82) is 0 Å². The van der Waals surface area contributed by atoms with Crippen LogP contribution in [0.3, 0.4) is 0 Å². The molecule has 1 rings (SSSR count). The minimum Gasteiger partial charge on any atom is -0.467 e. The molecule has 1 aromatic heterocycles. The van der Waals surface area contributed by atoms with Crippen molar-refractivity contribution >= 4 is 11.9 Å². The van der Waals surface area contributed by atoms with Crippen molar-refractivity contribution in [2.75, 3.05) is 30.8 Å². The highest BCUT2D eigenvalue weighted by Crippen LogP contribution is 2.13. The van der Waals surface area contributed by atoms with Crippen LogP contribution in [0.4, 0.5) is 11.9 Å². The van der Waals surface area contributed by atoms with Crippen LogP contribution < -0.4 is 15.4 Å². The van der Waals surface area contributed by atoms with Gasteiger partial charge in [0.15, 0.2) is 0 Å². The van der Waals surface area contributed by atoms with Crippen LogP contribution in [-0.2, 0) is 0 Å². The summed E-state index contributed by atoms with van der Waals surface area (Å²) in [5.41, 5.74) is 5.60. The van der Waals surface area contributed by atoms with E-state index >= 15 is 0 Å². The molecule has 0 bridgehead atoms. The first kappa shape index (κ1) is 12.5. The van der Waals surface area contributed by atoms with Crippen molar-refractivity contribution in [2.45, 2.75) is 26.7 Å². The average molecular weight is 225 g/mol. The fourth-order valence-corrected chi connectivity index (χ4v) is 1.45. The van der Waals surface area contributed by atoms with Gasteiger partial charge in [0.2, 0.25) is 11.9 Å². The first-order valence-corrected chi connectivity index (χ1v) is 5.51. The van der Waals surface area contributed by atoms with Crippen molar-refractivity contribution < 1.29 is 4.74 Å². The molecule has 0 aliphatic heterocycles. The van der Waals surface area contributed by atoms with E-state index in [-0.39, 0.29) is 12.0 Å². The highest BCUT2D eigenvalue weighted by Gasteiger charge is 2.11. The predicted molar refractivity (Wildman–Crippen MR) is 63.6 cm³/mol. The molecule has 90 valence electrons. The van der Waals surface area contributed by atoms with Crippen molar-refractivity contribution in [3.05, 3.63) is 0 Å². The summed E-state index contributed by atoms with van der Waals surface area (Å²) in [6.07, 6.45) is 2.07. The maximum Gasteiger partial charge on any atom is 0.322 e. The lowest BCUT2D eigenvalue weighted by atomic mass is 10.4. The number of rotatable bonds is 6. The van der Waals surface area contributed by atoms with E-state index in [1.807, 2.05) is 0 Å². The largest absolute Gasteiger partial charge is 0.467 e. The predicted octanol–water partition coefficient (Wildman–Crippen LogP) is 1.09. The van der Waals surface area contributed by atoms with E-state index in [9.17, 15) is 0 Å². The molecule has 0 radical (unpaired) electrons. The minimum absolute atomic E-state index is 0.194. The monoisotopic (exact) mass is 225 g/mol. The molecule has 1 heterocycles. The summed E-state index contributed by atoms with van der Waals surface area (Å²) in [6, 6.07) is 0.264. The number of nitrogens with two attached hydrogens (primary N) is 1. The fourth-order valence-electron chi connectivity index (χ4n) is 1.45. The van der Waals surface area contributed by atoms with Gasteiger partial charge in [-0.1, -0.05) is 13.8 Å². The van der Waals surface area contributed by atoms with E-state index in [1.54, 1.807) is 0 Å². The Labute approximate surface area is 95.9 Å². The highest BCUT2D eigenvalue weighted by molar-refractivity contribution is 5.35. The van der Waals surface area contributed by atoms with Gasteiger partial charge in [0.1, 0.15) is 0 Å². The number of hydrogen-bond donors (Lipinski definition) is 1. The topological polar surface area (TPSA) is 77.2 Å². The zero-order valence-electron chi connectivity index (χ0n) is 10.1. The molecular weight excluding hydrogens is 206 g/mol. The van der Waals surface area contributed by atoms with Gasteiger partial charge in [-0.05, 0) is 12.8 Å². The molecule has 0 aliphatic rings. The molecule has 0 aliphatic carbocycles. The highest BCUT2D eigenvalue weighted by atomic mass is 16.5. The molecule has 0 saturated heterocycles. The maximum absolute atomic E-state index is 5.60. The van der Waals surface area contributed by atoms with Crippen molar-refractivity contribution in [3.63, 3.8) is 0 Å². The molecule has 0 atom stereocenters. The van der Waals surface area contributed by atoms with E-state index in [4.69, 9.17) is 10.5 Å². The van der Waals surface area contributed by atoms with Gasteiger partial charge in [-0.25, -0.2) is 0 Å². The second kappa shape index (κ2) is 6.09. The summed E-state index contributed by atoms with van der Waals surface area (Å²) in [7, 11) is 1.52. The fraction of sp³-hybridized carbons (Fsp3) is 0.700. The van der Waals surface area contributed by atoms with Crippen LogP contribution in [0.5, 0.6) is 6.01 Å². The molecule has 0 fully saturated rings. The number of nitrogen functional groups attached to an aromatic ring is 1. The molecule has 0 unspecified atom stereocenters. The molecular formula is C10H19N5O.